The molecule has 0 spiro atoms. The predicted molar refractivity (Wildman–Crippen MR) is 253 cm³/mol. The summed E-state index contributed by atoms with van der Waals surface area (Å²) in [5.74, 6) is 0.687. The van der Waals surface area contributed by atoms with Gasteiger partial charge in [-0.05, 0) is 107 Å². The maximum Gasteiger partial charge on any atom is 0.160 e. The molecule has 0 N–H and O–H groups in total. The summed E-state index contributed by atoms with van der Waals surface area (Å²) in [5.41, 5.74) is 14.1. The van der Waals surface area contributed by atoms with Crippen molar-refractivity contribution in [3.63, 3.8) is 0 Å². The van der Waals surface area contributed by atoms with Gasteiger partial charge in [0.25, 0.3) is 0 Å². The van der Waals surface area contributed by atoms with Gasteiger partial charge in [0, 0.05) is 16.7 Å². The fraction of sp³-hybridized carbons (Fsp3) is 0. The smallest absolute Gasteiger partial charge is 0.160 e. The van der Waals surface area contributed by atoms with Gasteiger partial charge >= 0.3 is 0 Å². The summed E-state index contributed by atoms with van der Waals surface area (Å²) >= 11 is 0. The van der Waals surface area contributed by atoms with E-state index in [1.54, 1.807) is 0 Å². The van der Waals surface area contributed by atoms with Crippen LogP contribution in [-0.4, -0.2) is 9.97 Å². The lowest BCUT2D eigenvalue weighted by atomic mass is 9.89. The van der Waals surface area contributed by atoms with E-state index in [-0.39, 0.29) is 0 Å². The predicted octanol–water partition coefficient (Wildman–Crippen LogP) is 15.6. The van der Waals surface area contributed by atoms with Crippen molar-refractivity contribution in [2.75, 3.05) is 0 Å². The first-order chi connectivity index (χ1) is 29.7. The molecule has 0 aliphatic carbocycles. The Hall–Kier alpha value is -7.94. The van der Waals surface area contributed by atoms with Crippen molar-refractivity contribution in [3.8, 4) is 78.4 Å². The molecule has 11 aromatic rings. The molecule has 0 bridgehead atoms. The summed E-state index contributed by atoms with van der Waals surface area (Å²) in [7, 11) is 0. The van der Waals surface area contributed by atoms with Crippen molar-refractivity contribution in [2.24, 2.45) is 0 Å². The maximum absolute atomic E-state index is 5.31. The minimum Gasteiger partial charge on any atom is -0.228 e. The van der Waals surface area contributed by atoms with Crippen LogP contribution in [0.15, 0.2) is 231 Å². The highest BCUT2D eigenvalue weighted by molar-refractivity contribution is 6.25. The SMILES string of the molecule is c1ccc(-c2cccc(-c3cc(-c4cccc(-c5ccccc5-c5ccc6c7ccccc7c7ccccc7c6c5)c4)nc(-c4cccc(-c5ccccc5)c4)n3)c2)cc1. The van der Waals surface area contributed by atoms with Crippen LogP contribution in [0.25, 0.3) is 111 Å². The van der Waals surface area contributed by atoms with E-state index in [0.29, 0.717) is 5.82 Å². The van der Waals surface area contributed by atoms with Gasteiger partial charge in [-0.25, -0.2) is 9.97 Å². The Morgan fingerprint density at radius 3 is 1.12 bits per heavy atom. The molecular formula is C58H38N2. The third kappa shape index (κ3) is 6.51. The van der Waals surface area contributed by atoms with Crippen molar-refractivity contribution in [2.45, 2.75) is 0 Å². The van der Waals surface area contributed by atoms with Gasteiger partial charge < -0.3 is 0 Å². The Bertz CT molecular complexity index is 3230. The zero-order valence-corrected chi connectivity index (χ0v) is 32.8. The minimum absolute atomic E-state index is 0.687. The highest BCUT2D eigenvalue weighted by Crippen LogP contribution is 2.40. The van der Waals surface area contributed by atoms with Crippen molar-refractivity contribution < 1.29 is 0 Å². The van der Waals surface area contributed by atoms with E-state index in [1.807, 2.05) is 6.07 Å². The van der Waals surface area contributed by atoms with Crippen LogP contribution in [0.5, 0.6) is 0 Å². The molecule has 0 radical (unpaired) electrons. The maximum atomic E-state index is 5.31. The molecule has 11 rings (SSSR count). The number of hydrogen-bond donors (Lipinski definition) is 0. The average molecular weight is 763 g/mol. The fourth-order valence-corrected chi connectivity index (χ4v) is 8.74. The third-order valence-corrected chi connectivity index (χ3v) is 11.7. The highest BCUT2D eigenvalue weighted by atomic mass is 14.9. The van der Waals surface area contributed by atoms with Crippen molar-refractivity contribution >= 4 is 32.3 Å². The Labute approximate surface area is 349 Å². The quantitative estimate of drug-likeness (QED) is 0.151. The van der Waals surface area contributed by atoms with Crippen molar-refractivity contribution in [1.29, 1.82) is 0 Å². The van der Waals surface area contributed by atoms with Gasteiger partial charge in [0.05, 0.1) is 11.4 Å². The van der Waals surface area contributed by atoms with E-state index in [1.165, 1.54) is 54.6 Å². The lowest BCUT2D eigenvalue weighted by Crippen LogP contribution is -1.97. The Morgan fingerprint density at radius 2 is 0.567 bits per heavy atom. The summed E-state index contributed by atoms with van der Waals surface area (Å²) in [4.78, 5) is 10.6. The van der Waals surface area contributed by atoms with Gasteiger partial charge in [0.2, 0.25) is 0 Å². The molecule has 0 amide bonds. The standard InChI is InChI=1S/C58H38N2/c1-3-16-39(17-4-1)41-20-13-23-45(34-41)56-38-57(60-58(59-56)47-25-14-21-42(35-47)40-18-5-2-6-19-40)46-24-15-22-43(36-46)48-26-7-8-27-49(48)44-32-33-54-52-30-10-9-28-50(52)51-29-11-12-31-53(51)55(54)37-44/h1-38H. The van der Waals surface area contributed by atoms with Gasteiger partial charge in [-0.2, -0.15) is 0 Å². The van der Waals surface area contributed by atoms with E-state index in [4.69, 9.17) is 9.97 Å². The lowest BCUT2D eigenvalue weighted by Gasteiger charge is -2.15. The topological polar surface area (TPSA) is 25.8 Å². The molecule has 0 unspecified atom stereocenters. The molecule has 2 heteroatoms. The van der Waals surface area contributed by atoms with E-state index in [9.17, 15) is 0 Å². The summed E-state index contributed by atoms with van der Waals surface area (Å²) in [5, 5.41) is 7.65. The number of nitrogens with zero attached hydrogens (tertiary/aromatic N) is 2. The van der Waals surface area contributed by atoms with Gasteiger partial charge in [-0.1, -0.05) is 200 Å². The molecule has 280 valence electrons. The Morgan fingerprint density at radius 1 is 0.200 bits per heavy atom. The molecular weight excluding hydrogens is 725 g/mol. The molecule has 0 fully saturated rings. The number of hydrogen-bond acceptors (Lipinski definition) is 2. The lowest BCUT2D eigenvalue weighted by molar-refractivity contribution is 1.18. The number of rotatable bonds is 7. The highest BCUT2D eigenvalue weighted by Gasteiger charge is 2.16. The molecule has 0 atom stereocenters. The fourth-order valence-electron chi connectivity index (χ4n) is 8.74. The largest absolute Gasteiger partial charge is 0.228 e. The first-order valence-corrected chi connectivity index (χ1v) is 20.5. The summed E-state index contributed by atoms with van der Waals surface area (Å²) < 4.78 is 0. The summed E-state index contributed by atoms with van der Waals surface area (Å²) in [6.45, 7) is 0. The second kappa shape index (κ2) is 15.1. The number of aromatic nitrogens is 2. The van der Waals surface area contributed by atoms with Crippen LogP contribution in [0, 0.1) is 0 Å². The van der Waals surface area contributed by atoms with Crippen LogP contribution in [0.4, 0.5) is 0 Å². The number of benzene rings is 10. The summed E-state index contributed by atoms with van der Waals surface area (Å²) in [6.07, 6.45) is 0. The van der Waals surface area contributed by atoms with Crippen LogP contribution in [0.3, 0.4) is 0 Å². The van der Waals surface area contributed by atoms with Crippen LogP contribution >= 0.6 is 0 Å². The molecule has 1 aromatic heterocycles. The number of fused-ring (bicyclic) bond motifs is 6. The molecule has 10 aromatic carbocycles. The average Bonchev–Trinajstić information content (AvgIpc) is 3.34. The Kier molecular flexibility index (Phi) is 8.87. The van der Waals surface area contributed by atoms with Crippen molar-refractivity contribution in [3.05, 3.63) is 231 Å². The monoisotopic (exact) mass is 762 g/mol. The normalized spacial score (nSPS) is 11.3. The molecule has 1 heterocycles. The van der Waals surface area contributed by atoms with Crippen LogP contribution in [-0.2, 0) is 0 Å². The molecule has 2 nitrogen and oxygen atoms in total. The van der Waals surface area contributed by atoms with Crippen LogP contribution in [0.2, 0.25) is 0 Å². The van der Waals surface area contributed by atoms with Gasteiger partial charge in [0.15, 0.2) is 5.82 Å². The van der Waals surface area contributed by atoms with E-state index in [2.05, 4.69) is 224 Å². The van der Waals surface area contributed by atoms with Gasteiger partial charge in [-0.3, -0.25) is 0 Å². The van der Waals surface area contributed by atoms with Crippen LogP contribution in [0.1, 0.15) is 0 Å². The third-order valence-electron chi connectivity index (χ3n) is 11.7. The summed E-state index contributed by atoms with van der Waals surface area (Å²) in [6, 6.07) is 82.4. The van der Waals surface area contributed by atoms with Crippen molar-refractivity contribution in [1.82, 2.24) is 9.97 Å². The molecule has 0 saturated carbocycles. The molecule has 0 saturated heterocycles. The zero-order valence-electron chi connectivity index (χ0n) is 32.8. The molecule has 60 heavy (non-hydrogen) atoms. The van der Waals surface area contributed by atoms with Gasteiger partial charge in [-0.15, -0.1) is 0 Å². The second-order valence-electron chi connectivity index (χ2n) is 15.3. The minimum atomic E-state index is 0.687. The van der Waals surface area contributed by atoms with E-state index in [0.717, 1.165) is 50.3 Å². The van der Waals surface area contributed by atoms with E-state index >= 15 is 0 Å². The first kappa shape index (κ1) is 35.2. The van der Waals surface area contributed by atoms with Crippen LogP contribution < -0.4 is 0 Å². The first-order valence-electron chi connectivity index (χ1n) is 20.5. The molecule has 0 aliphatic rings. The van der Waals surface area contributed by atoms with Gasteiger partial charge in [0.1, 0.15) is 0 Å². The Balaban J connectivity index is 1.05. The van der Waals surface area contributed by atoms with E-state index < -0.39 is 0 Å². The molecule has 0 aliphatic heterocycles. The zero-order chi connectivity index (χ0) is 39.8. The second-order valence-corrected chi connectivity index (χ2v) is 15.3.